The monoisotopic (exact) mass is 987 g/mol. The van der Waals surface area contributed by atoms with Gasteiger partial charge in [0.15, 0.2) is 0 Å². The van der Waals surface area contributed by atoms with Crippen molar-refractivity contribution in [3.8, 4) is 11.1 Å². The van der Waals surface area contributed by atoms with E-state index in [4.69, 9.17) is 66.3 Å². The molecule has 18 nitrogen and oxygen atoms in total. The number of hydrogen-bond acceptors (Lipinski definition) is 17. The maximum absolute atomic E-state index is 12.3. The number of alkyl carbamates (subject to hydrolysis) is 1. The molecule has 0 unspecified atom stereocenters. The Kier molecular flexibility index (Phi) is 33.6. The molecular formula is C52H78N2O16. The Labute approximate surface area is 414 Å². The third-order valence-electron chi connectivity index (χ3n) is 10.4. The van der Waals surface area contributed by atoms with Crippen LogP contribution in [0.2, 0.25) is 0 Å². The molecule has 0 aliphatic heterocycles. The van der Waals surface area contributed by atoms with Gasteiger partial charge in [0, 0.05) is 24.7 Å². The number of esters is 1. The van der Waals surface area contributed by atoms with Crippen LogP contribution < -0.4 is 10.6 Å². The summed E-state index contributed by atoms with van der Waals surface area (Å²) in [7, 11) is 0. The predicted molar refractivity (Wildman–Crippen MR) is 263 cm³/mol. The lowest BCUT2D eigenvalue weighted by atomic mass is 9.98. The molecule has 0 aromatic heterocycles. The zero-order chi connectivity index (χ0) is 49.2. The lowest BCUT2D eigenvalue weighted by Gasteiger charge is -2.14. The average Bonchev–Trinajstić information content (AvgIpc) is 3.70. The summed E-state index contributed by atoms with van der Waals surface area (Å²) in [5, 5.41) is 6.06. The van der Waals surface area contributed by atoms with Crippen LogP contribution >= 0.6 is 0 Å². The van der Waals surface area contributed by atoms with Gasteiger partial charge >= 0.3 is 12.1 Å². The number of nitrogens with one attached hydrogen (secondary N) is 2. The summed E-state index contributed by atoms with van der Waals surface area (Å²) in [5.74, 6) is -0.337. The minimum Gasteiger partial charge on any atom is -0.460 e. The number of rotatable bonds is 46. The van der Waals surface area contributed by atoms with Gasteiger partial charge in [-0.3, -0.25) is 0 Å². The molecule has 0 heterocycles. The number of fused-ring (bicyclic) bond motifs is 3. The van der Waals surface area contributed by atoms with Crippen LogP contribution in [0.3, 0.4) is 0 Å². The van der Waals surface area contributed by atoms with Gasteiger partial charge in [-0.1, -0.05) is 61.9 Å². The van der Waals surface area contributed by atoms with Crippen LogP contribution in [0.4, 0.5) is 10.5 Å². The van der Waals surface area contributed by atoms with Crippen LogP contribution in [-0.2, 0) is 66.3 Å². The highest BCUT2D eigenvalue weighted by molar-refractivity contribution is 5.89. The fourth-order valence-electron chi connectivity index (χ4n) is 6.81. The van der Waals surface area contributed by atoms with Crippen molar-refractivity contribution in [2.75, 3.05) is 190 Å². The Morgan fingerprint density at radius 1 is 0.414 bits per heavy atom. The fourth-order valence-corrected chi connectivity index (χ4v) is 6.81. The van der Waals surface area contributed by atoms with Gasteiger partial charge in [0.25, 0.3) is 0 Å². The molecule has 70 heavy (non-hydrogen) atoms. The summed E-state index contributed by atoms with van der Waals surface area (Å²) in [6.45, 7) is 14.7. The van der Waals surface area contributed by atoms with Gasteiger partial charge in [0.2, 0.25) is 0 Å². The molecular weight excluding hydrogens is 909 g/mol. The molecule has 0 spiro atoms. The highest BCUT2D eigenvalue weighted by atomic mass is 16.6. The van der Waals surface area contributed by atoms with Gasteiger partial charge in [-0.05, 0) is 52.9 Å². The van der Waals surface area contributed by atoms with Crippen LogP contribution in [0, 0.1) is 0 Å². The minimum absolute atomic E-state index is 0.0300. The third kappa shape index (κ3) is 26.8. The van der Waals surface area contributed by atoms with E-state index in [0.717, 1.165) is 25.1 Å². The van der Waals surface area contributed by atoms with E-state index in [1.807, 2.05) is 36.4 Å². The molecule has 1 amide bonds. The number of carbonyl (C=O) groups excluding carboxylic acids is 2. The molecule has 0 bridgehead atoms. The first-order chi connectivity index (χ1) is 34.7. The fraction of sp³-hybridized carbons (Fsp3) is 0.615. The van der Waals surface area contributed by atoms with E-state index in [-0.39, 0.29) is 25.1 Å². The zero-order valence-corrected chi connectivity index (χ0v) is 41.3. The van der Waals surface area contributed by atoms with Crippen molar-refractivity contribution in [3.05, 3.63) is 89.5 Å². The molecule has 0 saturated carbocycles. The second kappa shape index (κ2) is 40.3. The van der Waals surface area contributed by atoms with Gasteiger partial charge in [0.05, 0.1) is 164 Å². The lowest BCUT2D eigenvalue weighted by Crippen LogP contribution is -2.29. The van der Waals surface area contributed by atoms with Crippen LogP contribution in [0.1, 0.15) is 47.2 Å². The number of carbonyl (C=O) groups is 2. The summed E-state index contributed by atoms with van der Waals surface area (Å²) in [4.78, 5) is 24.4. The zero-order valence-electron chi connectivity index (χ0n) is 41.3. The molecule has 0 radical (unpaired) electrons. The smallest absolute Gasteiger partial charge is 0.407 e. The molecule has 3 aromatic carbocycles. The summed E-state index contributed by atoms with van der Waals surface area (Å²) < 4.78 is 77.0. The van der Waals surface area contributed by atoms with Gasteiger partial charge in [-0.15, -0.1) is 0 Å². The number of amides is 1. The van der Waals surface area contributed by atoms with Crippen molar-refractivity contribution < 1.29 is 75.9 Å². The molecule has 392 valence electrons. The Hall–Kier alpha value is -4.28. The van der Waals surface area contributed by atoms with Crippen molar-refractivity contribution in [3.63, 3.8) is 0 Å². The SMILES string of the molecule is CCCCNc1ccc(C(=O)OCCOCCOCCOCCOCCOCCOCCOCCOCCOCCOCCOCCOCCNC(=O)OCC2c3ccccc3-c3ccccc32)cc1. The first-order valence-electron chi connectivity index (χ1n) is 24.7. The Balaban J connectivity index is 0.753. The molecule has 2 N–H and O–H groups in total. The normalized spacial score (nSPS) is 12.0. The highest BCUT2D eigenvalue weighted by Crippen LogP contribution is 2.44. The van der Waals surface area contributed by atoms with E-state index in [0.29, 0.717) is 171 Å². The van der Waals surface area contributed by atoms with Gasteiger partial charge in [-0.2, -0.15) is 0 Å². The quantitative estimate of drug-likeness (QED) is 0.0511. The molecule has 0 saturated heterocycles. The van der Waals surface area contributed by atoms with E-state index in [9.17, 15) is 9.59 Å². The lowest BCUT2D eigenvalue weighted by molar-refractivity contribution is -0.0287. The maximum Gasteiger partial charge on any atom is 0.407 e. The minimum atomic E-state index is -0.457. The van der Waals surface area contributed by atoms with Crippen molar-refractivity contribution >= 4 is 17.7 Å². The van der Waals surface area contributed by atoms with Crippen molar-refractivity contribution in [1.82, 2.24) is 5.32 Å². The van der Waals surface area contributed by atoms with E-state index >= 15 is 0 Å². The number of unbranched alkanes of at least 4 members (excludes halogenated alkanes) is 1. The number of ether oxygens (including phenoxy) is 14. The number of hydrogen-bond donors (Lipinski definition) is 2. The van der Waals surface area contributed by atoms with Crippen LogP contribution in [-0.4, -0.2) is 197 Å². The molecule has 1 aliphatic rings. The van der Waals surface area contributed by atoms with Crippen LogP contribution in [0.15, 0.2) is 72.8 Å². The Morgan fingerprint density at radius 2 is 0.771 bits per heavy atom. The Bertz CT molecular complexity index is 1710. The largest absolute Gasteiger partial charge is 0.460 e. The van der Waals surface area contributed by atoms with E-state index in [1.165, 1.54) is 22.3 Å². The van der Waals surface area contributed by atoms with Crippen molar-refractivity contribution in [2.24, 2.45) is 0 Å². The molecule has 1 aliphatic carbocycles. The standard InChI is InChI=1S/C52H78N2O16/c1-2-3-16-53-45-14-12-44(13-15-45)51(55)69-42-41-68-40-39-67-38-37-66-36-35-65-34-33-64-32-31-63-30-29-62-28-27-61-26-25-60-24-23-59-22-21-58-20-19-57-18-17-54-52(56)70-43-50-48-10-6-4-8-46(48)47-9-5-7-11-49(47)50/h4-15,50,53H,2-3,16-43H2,1H3,(H,54,56). The van der Waals surface area contributed by atoms with Crippen LogP contribution in [0.5, 0.6) is 0 Å². The number of anilines is 1. The first kappa shape index (κ1) is 58.3. The van der Waals surface area contributed by atoms with Gasteiger partial charge < -0.3 is 76.9 Å². The average molecular weight is 987 g/mol. The van der Waals surface area contributed by atoms with E-state index in [1.54, 1.807) is 12.1 Å². The molecule has 4 rings (SSSR count). The molecule has 3 aromatic rings. The van der Waals surface area contributed by atoms with Gasteiger partial charge in [-0.25, -0.2) is 9.59 Å². The third-order valence-corrected chi connectivity index (χ3v) is 10.4. The molecule has 0 fully saturated rings. The summed E-state index contributed by atoms with van der Waals surface area (Å²) in [6, 6.07) is 23.8. The number of benzene rings is 3. The predicted octanol–water partition coefficient (Wildman–Crippen LogP) is 5.79. The summed E-state index contributed by atoms with van der Waals surface area (Å²) >= 11 is 0. The van der Waals surface area contributed by atoms with E-state index in [2.05, 4.69) is 41.8 Å². The summed E-state index contributed by atoms with van der Waals surface area (Å²) in [5.41, 5.74) is 6.26. The first-order valence-corrected chi connectivity index (χ1v) is 24.7. The molecule has 18 heteroatoms. The highest BCUT2D eigenvalue weighted by Gasteiger charge is 2.29. The van der Waals surface area contributed by atoms with Crippen molar-refractivity contribution in [1.29, 1.82) is 0 Å². The summed E-state index contributed by atoms with van der Waals surface area (Å²) in [6.07, 6.45) is 1.78. The second-order valence-electron chi connectivity index (χ2n) is 15.6. The Morgan fingerprint density at radius 3 is 1.16 bits per heavy atom. The van der Waals surface area contributed by atoms with Gasteiger partial charge in [0.1, 0.15) is 13.2 Å². The maximum atomic E-state index is 12.3. The molecule has 0 atom stereocenters. The second-order valence-corrected chi connectivity index (χ2v) is 15.6. The van der Waals surface area contributed by atoms with Crippen molar-refractivity contribution in [2.45, 2.75) is 25.7 Å². The van der Waals surface area contributed by atoms with E-state index < -0.39 is 6.09 Å². The topological polar surface area (TPSA) is 187 Å². The van der Waals surface area contributed by atoms with Crippen LogP contribution in [0.25, 0.3) is 11.1 Å².